The third kappa shape index (κ3) is 4.66. The second-order valence-corrected chi connectivity index (χ2v) is 15.8. The Labute approximate surface area is 330 Å². The van der Waals surface area contributed by atoms with Gasteiger partial charge in [0, 0.05) is 62.2 Å². The first-order chi connectivity index (χ1) is 28.1. The minimum atomic E-state index is 0.227. The zero-order chi connectivity index (χ0) is 37.8. The summed E-state index contributed by atoms with van der Waals surface area (Å²) >= 11 is 0. The molecule has 11 aromatic rings. The fourth-order valence-corrected chi connectivity index (χ4v) is 9.95. The van der Waals surface area contributed by atoms with Crippen molar-refractivity contribution in [3.8, 4) is 22.3 Å². The summed E-state index contributed by atoms with van der Waals surface area (Å²) < 4.78 is 13.7. The standard InChI is InChI=1S/C54H37NO2/c1-32(2)49-45-24-13-23-41(38-22-12-15-33-14-6-7-18-37(33)38)50(45)53-52(49)43-21-9-8-20-42(43)51-44-29-27-36(31-48(44)57-54(51)53)55(34-16-4-3-5-17-34)35-26-28-40-39-19-10-11-25-46(39)56-47(40)30-35/h3-32,49H,1-2H3. The molecule has 12 rings (SSSR count). The van der Waals surface area contributed by atoms with Gasteiger partial charge in [-0.05, 0) is 97.7 Å². The highest BCUT2D eigenvalue weighted by Crippen LogP contribution is 2.58. The van der Waals surface area contributed by atoms with Crippen molar-refractivity contribution in [1.29, 1.82) is 0 Å². The molecule has 3 heteroatoms. The predicted molar refractivity (Wildman–Crippen MR) is 238 cm³/mol. The number of para-hydroxylation sites is 2. The molecule has 0 saturated heterocycles. The Morgan fingerprint density at radius 1 is 0.439 bits per heavy atom. The first-order valence-corrected chi connectivity index (χ1v) is 19.9. The minimum absolute atomic E-state index is 0.227. The van der Waals surface area contributed by atoms with Gasteiger partial charge in [-0.1, -0.05) is 135 Å². The number of anilines is 3. The number of furan rings is 2. The van der Waals surface area contributed by atoms with E-state index in [4.69, 9.17) is 8.83 Å². The monoisotopic (exact) mass is 731 g/mol. The lowest BCUT2D eigenvalue weighted by Gasteiger charge is -2.25. The van der Waals surface area contributed by atoms with Crippen LogP contribution < -0.4 is 4.90 Å². The molecule has 57 heavy (non-hydrogen) atoms. The molecule has 1 atom stereocenters. The first-order valence-electron chi connectivity index (χ1n) is 19.9. The van der Waals surface area contributed by atoms with Gasteiger partial charge in [-0.2, -0.15) is 0 Å². The van der Waals surface area contributed by atoms with Gasteiger partial charge in [0.15, 0.2) is 0 Å². The number of benzene rings is 9. The smallest absolute Gasteiger partial charge is 0.144 e. The molecule has 2 heterocycles. The van der Waals surface area contributed by atoms with E-state index in [0.29, 0.717) is 5.92 Å². The van der Waals surface area contributed by atoms with E-state index in [1.807, 2.05) is 12.1 Å². The van der Waals surface area contributed by atoms with Crippen molar-refractivity contribution >= 4 is 82.5 Å². The Balaban J connectivity index is 1.13. The minimum Gasteiger partial charge on any atom is -0.456 e. The molecule has 270 valence electrons. The second kappa shape index (κ2) is 12.2. The quantitative estimate of drug-likeness (QED) is 0.177. The maximum Gasteiger partial charge on any atom is 0.144 e. The molecule has 9 aromatic carbocycles. The van der Waals surface area contributed by atoms with Gasteiger partial charge < -0.3 is 13.7 Å². The molecule has 0 N–H and O–H groups in total. The maximum atomic E-state index is 7.29. The van der Waals surface area contributed by atoms with Gasteiger partial charge >= 0.3 is 0 Å². The molecule has 1 unspecified atom stereocenters. The molecule has 1 aliphatic carbocycles. The van der Waals surface area contributed by atoms with E-state index in [0.717, 1.165) is 55.6 Å². The van der Waals surface area contributed by atoms with Gasteiger partial charge in [-0.3, -0.25) is 0 Å². The molecule has 1 aliphatic rings. The van der Waals surface area contributed by atoms with E-state index in [2.05, 4.69) is 183 Å². The van der Waals surface area contributed by atoms with Crippen molar-refractivity contribution in [2.24, 2.45) is 5.92 Å². The van der Waals surface area contributed by atoms with Crippen LogP contribution in [0.15, 0.2) is 185 Å². The summed E-state index contributed by atoms with van der Waals surface area (Å²) in [6.07, 6.45) is 0. The van der Waals surface area contributed by atoms with Gasteiger partial charge in [0.2, 0.25) is 0 Å². The summed E-state index contributed by atoms with van der Waals surface area (Å²) in [6.45, 7) is 4.72. The molecular weight excluding hydrogens is 695 g/mol. The van der Waals surface area contributed by atoms with Crippen molar-refractivity contribution in [2.45, 2.75) is 19.8 Å². The number of hydrogen-bond donors (Lipinski definition) is 0. The molecule has 0 saturated carbocycles. The normalized spacial score (nSPS) is 13.8. The van der Waals surface area contributed by atoms with Crippen LogP contribution >= 0.6 is 0 Å². The van der Waals surface area contributed by atoms with Crippen LogP contribution in [0.2, 0.25) is 0 Å². The van der Waals surface area contributed by atoms with E-state index in [-0.39, 0.29) is 5.92 Å². The van der Waals surface area contributed by atoms with Gasteiger partial charge in [0.25, 0.3) is 0 Å². The van der Waals surface area contributed by atoms with Crippen LogP contribution in [0.5, 0.6) is 0 Å². The molecular formula is C54H37NO2. The first kappa shape index (κ1) is 32.2. The lowest BCUT2D eigenvalue weighted by Crippen LogP contribution is -2.09. The lowest BCUT2D eigenvalue weighted by molar-refractivity contribution is 0.576. The van der Waals surface area contributed by atoms with Gasteiger partial charge in [-0.25, -0.2) is 0 Å². The fraction of sp³-hybridized carbons (Fsp3) is 0.0741. The van der Waals surface area contributed by atoms with Gasteiger partial charge in [0.05, 0.1) is 0 Å². The topological polar surface area (TPSA) is 29.5 Å². The SMILES string of the molecule is CC(C)C1c2cccc(-c3cccc4ccccc34)c2-c2c1c1ccccc1c1c2oc2cc(N(c3ccccc3)c3ccc4c(c3)oc3ccccc34)ccc21. The zero-order valence-electron chi connectivity index (χ0n) is 31.7. The highest BCUT2D eigenvalue weighted by molar-refractivity contribution is 6.26. The third-order valence-corrected chi connectivity index (χ3v) is 12.3. The second-order valence-electron chi connectivity index (χ2n) is 15.8. The van der Waals surface area contributed by atoms with E-state index in [9.17, 15) is 0 Å². The Morgan fingerprint density at radius 2 is 1.05 bits per heavy atom. The maximum absolute atomic E-state index is 7.29. The summed E-state index contributed by atoms with van der Waals surface area (Å²) in [5, 5.41) is 9.56. The molecule has 0 radical (unpaired) electrons. The predicted octanol–water partition coefficient (Wildman–Crippen LogP) is 15.7. The van der Waals surface area contributed by atoms with Crippen LogP contribution in [-0.2, 0) is 0 Å². The molecule has 0 bridgehead atoms. The van der Waals surface area contributed by atoms with Crippen LogP contribution in [0.4, 0.5) is 17.1 Å². The highest BCUT2D eigenvalue weighted by atomic mass is 16.3. The Hall–Kier alpha value is -7.10. The third-order valence-electron chi connectivity index (χ3n) is 12.3. The number of rotatable bonds is 5. The summed E-state index contributed by atoms with van der Waals surface area (Å²) in [5.41, 5.74) is 14.4. The molecule has 2 aromatic heterocycles. The van der Waals surface area contributed by atoms with Crippen molar-refractivity contribution in [3.63, 3.8) is 0 Å². The van der Waals surface area contributed by atoms with E-state index in [1.54, 1.807) is 0 Å². The van der Waals surface area contributed by atoms with Crippen molar-refractivity contribution in [2.75, 3.05) is 4.90 Å². The average molecular weight is 732 g/mol. The van der Waals surface area contributed by atoms with E-state index in [1.165, 1.54) is 60.3 Å². The van der Waals surface area contributed by atoms with Crippen LogP contribution in [0.1, 0.15) is 30.9 Å². The number of hydrogen-bond acceptors (Lipinski definition) is 3. The van der Waals surface area contributed by atoms with Gasteiger partial charge in [-0.15, -0.1) is 0 Å². The molecule has 0 fully saturated rings. The molecule has 0 aliphatic heterocycles. The molecule has 3 nitrogen and oxygen atoms in total. The summed E-state index contributed by atoms with van der Waals surface area (Å²) in [5.74, 6) is 0.609. The zero-order valence-corrected chi connectivity index (χ0v) is 31.7. The van der Waals surface area contributed by atoms with Crippen LogP contribution in [0.25, 0.3) is 87.7 Å². The molecule has 0 amide bonds. The van der Waals surface area contributed by atoms with Crippen molar-refractivity contribution in [3.05, 3.63) is 187 Å². The number of nitrogens with zero attached hydrogens (tertiary/aromatic N) is 1. The van der Waals surface area contributed by atoms with Crippen molar-refractivity contribution in [1.82, 2.24) is 0 Å². The fourth-order valence-electron chi connectivity index (χ4n) is 9.95. The van der Waals surface area contributed by atoms with Crippen LogP contribution in [-0.4, -0.2) is 0 Å². The largest absolute Gasteiger partial charge is 0.456 e. The Morgan fingerprint density at radius 3 is 1.86 bits per heavy atom. The Bertz CT molecular complexity index is 3400. The number of fused-ring (bicyclic) bond motifs is 14. The summed E-state index contributed by atoms with van der Waals surface area (Å²) in [7, 11) is 0. The lowest BCUT2D eigenvalue weighted by atomic mass is 9.83. The Kier molecular flexibility index (Phi) is 6.89. The van der Waals surface area contributed by atoms with E-state index < -0.39 is 0 Å². The van der Waals surface area contributed by atoms with Crippen LogP contribution in [0, 0.1) is 5.92 Å². The van der Waals surface area contributed by atoms with Crippen molar-refractivity contribution < 1.29 is 8.83 Å². The summed E-state index contributed by atoms with van der Waals surface area (Å²) in [6, 6.07) is 63.4. The van der Waals surface area contributed by atoms with E-state index >= 15 is 0 Å². The highest BCUT2D eigenvalue weighted by Gasteiger charge is 2.38. The average Bonchev–Trinajstić information content (AvgIpc) is 3.94. The summed E-state index contributed by atoms with van der Waals surface area (Å²) in [4.78, 5) is 2.30. The molecule has 0 spiro atoms. The van der Waals surface area contributed by atoms with Crippen LogP contribution in [0.3, 0.4) is 0 Å². The van der Waals surface area contributed by atoms with Gasteiger partial charge in [0.1, 0.15) is 22.3 Å².